The molecule has 0 saturated heterocycles. The van der Waals surface area contributed by atoms with Gasteiger partial charge in [0.1, 0.15) is 20.5 Å². The Bertz CT molecular complexity index is 653. The van der Waals surface area contributed by atoms with Crippen LogP contribution in [0.4, 0.5) is 8.78 Å². The molecule has 1 aromatic rings. The van der Waals surface area contributed by atoms with Crippen molar-refractivity contribution >= 4 is 32.4 Å². The zero-order valence-corrected chi connectivity index (χ0v) is 13.6. The molecule has 20 heavy (non-hydrogen) atoms. The average Bonchev–Trinajstić information content (AvgIpc) is 2.70. The van der Waals surface area contributed by atoms with Crippen molar-refractivity contribution in [2.24, 2.45) is 0 Å². The predicted molar refractivity (Wildman–Crippen MR) is 78.4 cm³/mol. The summed E-state index contributed by atoms with van der Waals surface area (Å²) in [6.07, 6.45) is 1.37. The van der Waals surface area contributed by atoms with Gasteiger partial charge in [-0.15, -0.1) is 0 Å². The minimum Gasteiger partial charge on any atom is -0.265 e. The van der Waals surface area contributed by atoms with E-state index >= 15 is 0 Å². The lowest BCUT2D eigenvalue weighted by atomic mass is 10.1. The summed E-state index contributed by atoms with van der Waals surface area (Å²) < 4.78 is 50.7. The van der Waals surface area contributed by atoms with E-state index in [-0.39, 0.29) is 5.03 Å². The lowest BCUT2D eigenvalue weighted by molar-refractivity contribution is -0.0129. The Morgan fingerprint density at radius 3 is 2.30 bits per heavy atom. The van der Waals surface area contributed by atoms with Gasteiger partial charge in [0.25, 0.3) is 0 Å². The first kappa shape index (κ1) is 15.6. The SMILES string of the molecule is CC1(C)C=C(S(=O)(=O)C(I)c2c(F)cccc2F)NO1. The fraction of sp³-hybridized carbons (Fsp3) is 0.333. The van der Waals surface area contributed by atoms with Crippen molar-refractivity contribution in [1.29, 1.82) is 0 Å². The lowest BCUT2D eigenvalue weighted by Gasteiger charge is -2.14. The Kier molecular flexibility index (Phi) is 4.09. The zero-order chi connectivity index (χ0) is 15.1. The molecule has 8 heteroatoms. The van der Waals surface area contributed by atoms with E-state index < -0.39 is 35.9 Å². The van der Waals surface area contributed by atoms with Crippen LogP contribution in [0, 0.1) is 11.6 Å². The summed E-state index contributed by atoms with van der Waals surface area (Å²) in [7, 11) is -3.98. The number of halogens is 3. The van der Waals surface area contributed by atoms with Gasteiger partial charge in [-0.25, -0.2) is 17.2 Å². The number of hydroxylamine groups is 1. The van der Waals surface area contributed by atoms with E-state index in [4.69, 9.17) is 4.84 Å². The normalized spacial score (nSPS) is 19.4. The van der Waals surface area contributed by atoms with Gasteiger partial charge in [-0.05, 0) is 32.1 Å². The Hall–Kier alpha value is -0.740. The Balaban J connectivity index is 2.46. The van der Waals surface area contributed by atoms with E-state index in [9.17, 15) is 17.2 Å². The van der Waals surface area contributed by atoms with Gasteiger partial charge in [0, 0.05) is 0 Å². The third-order valence-corrected chi connectivity index (χ3v) is 6.93. The maximum Gasteiger partial charge on any atom is 0.211 e. The lowest BCUT2D eigenvalue weighted by Crippen LogP contribution is -2.23. The molecule has 0 aromatic heterocycles. The molecule has 0 amide bonds. The summed E-state index contributed by atoms with van der Waals surface area (Å²) in [4.78, 5) is 5.07. The van der Waals surface area contributed by atoms with Crippen LogP contribution in [0.15, 0.2) is 29.3 Å². The monoisotopic (exact) mass is 415 g/mol. The quantitative estimate of drug-likeness (QED) is 0.610. The van der Waals surface area contributed by atoms with Crippen molar-refractivity contribution in [2.45, 2.75) is 22.7 Å². The number of nitrogens with one attached hydrogen (secondary N) is 1. The number of benzene rings is 1. The van der Waals surface area contributed by atoms with Gasteiger partial charge in [-0.3, -0.25) is 10.3 Å². The van der Waals surface area contributed by atoms with Crippen LogP contribution in [-0.4, -0.2) is 14.0 Å². The molecule has 1 unspecified atom stereocenters. The highest BCUT2D eigenvalue weighted by molar-refractivity contribution is 14.1. The largest absolute Gasteiger partial charge is 0.265 e. The second-order valence-corrected chi connectivity index (χ2v) is 8.90. The number of alkyl halides is 1. The molecule has 1 heterocycles. The van der Waals surface area contributed by atoms with Crippen molar-refractivity contribution < 1.29 is 22.0 Å². The molecule has 1 atom stereocenters. The van der Waals surface area contributed by atoms with E-state index in [2.05, 4.69) is 5.48 Å². The van der Waals surface area contributed by atoms with Crippen LogP contribution >= 0.6 is 22.6 Å². The smallest absolute Gasteiger partial charge is 0.211 e. The molecule has 1 aliphatic rings. The average molecular weight is 415 g/mol. The van der Waals surface area contributed by atoms with E-state index in [1.165, 1.54) is 34.7 Å². The summed E-state index contributed by atoms with van der Waals surface area (Å²) in [6.45, 7) is 3.32. The van der Waals surface area contributed by atoms with Gasteiger partial charge in [-0.2, -0.15) is 0 Å². The summed E-state index contributed by atoms with van der Waals surface area (Å²) >= 11 is 1.50. The predicted octanol–water partition coefficient (Wildman–Crippen LogP) is 2.97. The Morgan fingerprint density at radius 2 is 1.85 bits per heavy atom. The third-order valence-electron chi connectivity index (χ3n) is 2.70. The van der Waals surface area contributed by atoms with Crippen molar-refractivity contribution in [3.63, 3.8) is 0 Å². The molecule has 0 radical (unpaired) electrons. The number of rotatable bonds is 3. The fourth-order valence-corrected chi connectivity index (χ4v) is 4.47. The molecule has 2 rings (SSSR count). The first-order valence-corrected chi connectivity index (χ1v) is 8.43. The first-order chi connectivity index (χ1) is 9.15. The molecule has 1 N–H and O–H groups in total. The minimum absolute atomic E-state index is 0.190. The highest BCUT2D eigenvalue weighted by atomic mass is 127. The summed E-state index contributed by atoms with van der Waals surface area (Å²) in [5.41, 5.74) is 1.02. The van der Waals surface area contributed by atoms with Crippen LogP contribution in [0.5, 0.6) is 0 Å². The number of hydrogen-bond acceptors (Lipinski definition) is 4. The van der Waals surface area contributed by atoms with E-state index in [1.807, 2.05) is 0 Å². The van der Waals surface area contributed by atoms with Gasteiger partial charge in [0.05, 0.1) is 5.56 Å². The molecule has 0 bridgehead atoms. The zero-order valence-electron chi connectivity index (χ0n) is 10.7. The van der Waals surface area contributed by atoms with Crippen LogP contribution in [-0.2, 0) is 14.7 Å². The van der Waals surface area contributed by atoms with Gasteiger partial charge < -0.3 is 0 Å². The van der Waals surface area contributed by atoms with Crippen LogP contribution in [0.25, 0.3) is 0 Å². The molecule has 1 aromatic carbocycles. The molecule has 0 fully saturated rings. The second-order valence-electron chi connectivity index (χ2n) is 4.81. The maximum absolute atomic E-state index is 13.7. The maximum atomic E-state index is 13.7. The summed E-state index contributed by atoms with van der Waals surface area (Å²) in [5.74, 6) is -1.79. The van der Waals surface area contributed by atoms with Crippen LogP contribution < -0.4 is 5.48 Å². The van der Waals surface area contributed by atoms with Crippen molar-refractivity contribution in [3.8, 4) is 0 Å². The molecule has 0 saturated carbocycles. The van der Waals surface area contributed by atoms with Gasteiger partial charge in [0.15, 0.2) is 5.03 Å². The van der Waals surface area contributed by atoms with Crippen LogP contribution in [0.3, 0.4) is 0 Å². The Morgan fingerprint density at radius 1 is 1.30 bits per heavy atom. The van der Waals surface area contributed by atoms with Crippen molar-refractivity contribution in [1.82, 2.24) is 5.48 Å². The molecule has 0 spiro atoms. The molecular formula is C12H12F2INO3S. The molecule has 4 nitrogen and oxygen atoms in total. The minimum atomic E-state index is -3.98. The van der Waals surface area contributed by atoms with E-state index in [0.29, 0.717) is 0 Å². The van der Waals surface area contributed by atoms with Gasteiger partial charge >= 0.3 is 0 Å². The van der Waals surface area contributed by atoms with Crippen LogP contribution in [0.2, 0.25) is 0 Å². The fourth-order valence-electron chi connectivity index (χ4n) is 1.69. The second kappa shape index (κ2) is 5.23. The number of hydrogen-bond donors (Lipinski definition) is 1. The van der Waals surface area contributed by atoms with Crippen molar-refractivity contribution in [3.05, 3.63) is 46.5 Å². The summed E-state index contributed by atoms with van der Waals surface area (Å²) in [5, 5.41) is -0.190. The first-order valence-electron chi connectivity index (χ1n) is 5.64. The van der Waals surface area contributed by atoms with E-state index in [0.717, 1.165) is 12.1 Å². The highest BCUT2D eigenvalue weighted by Crippen LogP contribution is 2.38. The third kappa shape index (κ3) is 2.82. The highest BCUT2D eigenvalue weighted by Gasteiger charge is 2.38. The van der Waals surface area contributed by atoms with Crippen molar-refractivity contribution in [2.75, 3.05) is 0 Å². The molecular weight excluding hydrogens is 403 g/mol. The Labute approximate surface area is 129 Å². The standard InChI is InChI=1S/C12H12F2INO3S/c1-12(2)6-9(16-19-12)20(17,18)11(15)10-7(13)4-3-5-8(10)14/h3-6,11,16H,1-2H3. The topological polar surface area (TPSA) is 55.4 Å². The molecule has 1 aliphatic heterocycles. The molecule has 110 valence electrons. The number of sulfone groups is 1. The van der Waals surface area contributed by atoms with Gasteiger partial charge in [0.2, 0.25) is 9.84 Å². The van der Waals surface area contributed by atoms with Gasteiger partial charge in [-0.1, -0.05) is 28.7 Å². The van der Waals surface area contributed by atoms with E-state index in [1.54, 1.807) is 13.8 Å². The molecule has 0 aliphatic carbocycles. The summed E-state index contributed by atoms with van der Waals surface area (Å²) in [6, 6.07) is 3.23. The van der Waals surface area contributed by atoms with Crippen LogP contribution in [0.1, 0.15) is 22.7 Å².